The number of carbonyl (C=O) groups is 1. The number of carbonyl (C=O) groups excluding carboxylic acids is 1. The van der Waals surface area contributed by atoms with E-state index in [0.717, 1.165) is 0 Å². The summed E-state index contributed by atoms with van der Waals surface area (Å²) in [5.74, 6) is -0.452. The van der Waals surface area contributed by atoms with Gasteiger partial charge in [0, 0.05) is 23.9 Å². The number of halogens is 1. The van der Waals surface area contributed by atoms with Gasteiger partial charge < -0.3 is 10.0 Å². The van der Waals surface area contributed by atoms with E-state index in [9.17, 15) is 14.3 Å². The number of phenols is 1. The minimum atomic E-state index is -0.332. The zero-order chi connectivity index (χ0) is 14.7. The second-order valence-corrected chi connectivity index (χ2v) is 4.53. The normalized spacial score (nSPS) is 10.3. The van der Waals surface area contributed by atoms with Crippen LogP contribution in [0.3, 0.4) is 0 Å². The number of aryl methyl sites for hydroxylation is 1. The van der Waals surface area contributed by atoms with Crippen molar-refractivity contribution in [1.82, 2.24) is 0 Å². The van der Waals surface area contributed by atoms with E-state index in [1.165, 1.54) is 29.2 Å². The second-order valence-electron chi connectivity index (χ2n) is 4.53. The van der Waals surface area contributed by atoms with Crippen LogP contribution in [0, 0.1) is 12.7 Å². The molecule has 0 spiro atoms. The summed E-state index contributed by atoms with van der Waals surface area (Å²) in [6.45, 7) is 3.92. The molecule has 20 heavy (non-hydrogen) atoms. The van der Waals surface area contributed by atoms with Gasteiger partial charge in [0.2, 0.25) is 0 Å². The van der Waals surface area contributed by atoms with Crippen LogP contribution in [0.25, 0.3) is 0 Å². The monoisotopic (exact) mass is 273 g/mol. The van der Waals surface area contributed by atoms with Crippen molar-refractivity contribution < 1.29 is 14.3 Å². The van der Waals surface area contributed by atoms with Crippen LogP contribution in [0.2, 0.25) is 0 Å². The van der Waals surface area contributed by atoms with Crippen LogP contribution >= 0.6 is 0 Å². The summed E-state index contributed by atoms with van der Waals surface area (Å²) in [5.41, 5.74) is 1.47. The minimum absolute atomic E-state index is 0.101. The average molecular weight is 273 g/mol. The highest BCUT2D eigenvalue weighted by molar-refractivity contribution is 6.06. The van der Waals surface area contributed by atoms with Gasteiger partial charge in [-0.2, -0.15) is 0 Å². The van der Waals surface area contributed by atoms with Gasteiger partial charge in [-0.1, -0.05) is 6.07 Å². The summed E-state index contributed by atoms with van der Waals surface area (Å²) in [4.78, 5) is 14.0. The first-order valence-electron chi connectivity index (χ1n) is 6.40. The summed E-state index contributed by atoms with van der Waals surface area (Å²) in [7, 11) is 0. The van der Waals surface area contributed by atoms with Crippen molar-refractivity contribution >= 4 is 11.6 Å². The number of amides is 1. The molecule has 4 heteroatoms. The highest BCUT2D eigenvalue weighted by atomic mass is 19.1. The van der Waals surface area contributed by atoms with E-state index in [-0.39, 0.29) is 17.5 Å². The number of rotatable bonds is 3. The van der Waals surface area contributed by atoms with Crippen LogP contribution in [-0.2, 0) is 0 Å². The molecule has 2 aromatic rings. The molecule has 0 aliphatic rings. The Balaban J connectivity index is 2.36. The molecule has 0 atom stereocenters. The van der Waals surface area contributed by atoms with E-state index < -0.39 is 0 Å². The number of nitrogens with zero attached hydrogens (tertiary/aromatic N) is 1. The first kappa shape index (κ1) is 14.1. The maximum atomic E-state index is 13.3. The Morgan fingerprint density at radius 3 is 2.60 bits per heavy atom. The fourth-order valence-electron chi connectivity index (χ4n) is 2.04. The number of aromatic hydroxyl groups is 1. The van der Waals surface area contributed by atoms with E-state index in [2.05, 4.69) is 0 Å². The molecule has 0 saturated heterocycles. The van der Waals surface area contributed by atoms with Crippen LogP contribution < -0.4 is 4.90 Å². The molecule has 0 unspecified atom stereocenters. The molecule has 1 N–H and O–H groups in total. The third-order valence-electron chi connectivity index (χ3n) is 3.11. The van der Waals surface area contributed by atoms with Gasteiger partial charge in [-0.25, -0.2) is 4.39 Å². The first-order valence-corrected chi connectivity index (χ1v) is 6.40. The van der Waals surface area contributed by atoms with Crippen LogP contribution in [0.5, 0.6) is 5.75 Å². The van der Waals surface area contributed by atoms with Gasteiger partial charge in [-0.15, -0.1) is 0 Å². The maximum absolute atomic E-state index is 13.3. The van der Waals surface area contributed by atoms with E-state index in [0.29, 0.717) is 23.4 Å². The predicted molar refractivity (Wildman–Crippen MR) is 76.6 cm³/mol. The molecule has 1 amide bonds. The largest absolute Gasteiger partial charge is 0.508 e. The van der Waals surface area contributed by atoms with Crippen LogP contribution in [-0.4, -0.2) is 17.6 Å². The molecule has 0 saturated carbocycles. The van der Waals surface area contributed by atoms with Gasteiger partial charge in [-0.05, 0) is 49.7 Å². The standard InChI is InChI=1S/C16H16FNO2/c1-3-18(13-5-4-6-14(19)10-13)16(20)12-7-8-15(17)11(2)9-12/h4-10,19H,3H2,1-2H3. The molecule has 0 bridgehead atoms. The third-order valence-corrected chi connectivity index (χ3v) is 3.11. The lowest BCUT2D eigenvalue weighted by atomic mass is 10.1. The molecule has 0 heterocycles. The number of hydrogen-bond acceptors (Lipinski definition) is 2. The quantitative estimate of drug-likeness (QED) is 0.929. The lowest BCUT2D eigenvalue weighted by Crippen LogP contribution is -2.30. The number of phenolic OH excluding ortho intramolecular Hbond substituents is 1. The Morgan fingerprint density at radius 1 is 1.25 bits per heavy atom. The average Bonchev–Trinajstić information content (AvgIpc) is 2.42. The molecule has 2 rings (SSSR count). The summed E-state index contributed by atoms with van der Waals surface area (Å²) >= 11 is 0. The molecule has 0 aliphatic carbocycles. The van der Waals surface area contributed by atoms with Crippen molar-refractivity contribution in [2.24, 2.45) is 0 Å². The van der Waals surface area contributed by atoms with Gasteiger partial charge in [0.1, 0.15) is 11.6 Å². The van der Waals surface area contributed by atoms with Gasteiger partial charge in [0.15, 0.2) is 0 Å². The predicted octanol–water partition coefficient (Wildman–Crippen LogP) is 3.51. The van der Waals surface area contributed by atoms with Crippen molar-refractivity contribution in [2.75, 3.05) is 11.4 Å². The first-order chi connectivity index (χ1) is 9.52. The molecular weight excluding hydrogens is 257 g/mol. The topological polar surface area (TPSA) is 40.5 Å². The fraction of sp³-hybridized carbons (Fsp3) is 0.188. The second kappa shape index (κ2) is 5.74. The molecule has 0 aliphatic heterocycles. The number of hydrogen-bond donors (Lipinski definition) is 1. The number of anilines is 1. The SMILES string of the molecule is CCN(C(=O)c1ccc(F)c(C)c1)c1cccc(O)c1. The Labute approximate surface area is 117 Å². The van der Waals surface area contributed by atoms with E-state index in [1.807, 2.05) is 6.92 Å². The van der Waals surface area contributed by atoms with Crippen molar-refractivity contribution in [3.63, 3.8) is 0 Å². The van der Waals surface area contributed by atoms with Gasteiger partial charge >= 0.3 is 0 Å². The summed E-state index contributed by atoms with van der Waals surface area (Å²) in [6.07, 6.45) is 0. The van der Waals surface area contributed by atoms with Crippen molar-refractivity contribution in [3.05, 3.63) is 59.4 Å². The van der Waals surface area contributed by atoms with Crippen molar-refractivity contribution in [2.45, 2.75) is 13.8 Å². The van der Waals surface area contributed by atoms with E-state index in [4.69, 9.17) is 0 Å². The lowest BCUT2D eigenvalue weighted by molar-refractivity contribution is 0.0988. The Hall–Kier alpha value is -2.36. The zero-order valence-corrected chi connectivity index (χ0v) is 11.4. The van der Waals surface area contributed by atoms with E-state index >= 15 is 0 Å². The van der Waals surface area contributed by atoms with Gasteiger partial charge in [0.25, 0.3) is 5.91 Å². The highest BCUT2D eigenvalue weighted by Crippen LogP contribution is 2.22. The van der Waals surface area contributed by atoms with E-state index in [1.54, 1.807) is 25.1 Å². The van der Waals surface area contributed by atoms with Crippen LogP contribution in [0.4, 0.5) is 10.1 Å². The van der Waals surface area contributed by atoms with Crippen molar-refractivity contribution in [3.8, 4) is 5.75 Å². The smallest absolute Gasteiger partial charge is 0.258 e. The Kier molecular flexibility index (Phi) is 4.03. The van der Waals surface area contributed by atoms with Crippen LogP contribution in [0.1, 0.15) is 22.8 Å². The van der Waals surface area contributed by atoms with Gasteiger partial charge in [0.05, 0.1) is 0 Å². The zero-order valence-electron chi connectivity index (χ0n) is 11.4. The Morgan fingerprint density at radius 2 is 2.00 bits per heavy atom. The Bertz CT molecular complexity index is 640. The summed E-state index contributed by atoms with van der Waals surface area (Å²) < 4.78 is 13.3. The molecule has 104 valence electrons. The third kappa shape index (κ3) is 2.79. The lowest BCUT2D eigenvalue weighted by Gasteiger charge is -2.21. The van der Waals surface area contributed by atoms with Crippen molar-refractivity contribution in [1.29, 1.82) is 0 Å². The van der Waals surface area contributed by atoms with Gasteiger partial charge in [-0.3, -0.25) is 4.79 Å². The molecule has 0 aromatic heterocycles. The maximum Gasteiger partial charge on any atom is 0.258 e. The fourth-order valence-corrected chi connectivity index (χ4v) is 2.04. The molecule has 0 radical (unpaired) electrons. The number of benzene rings is 2. The molecular formula is C16H16FNO2. The highest BCUT2D eigenvalue weighted by Gasteiger charge is 2.17. The van der Waals surface area contributed by atoms with Crippen LogP contribution in [0.15, 0.2) is 42.5 Å². The molecule has 2 aromatic carbocycles. The minimum Gasteiger partial charge on any atom is -0.508 e. The molecule has 0 fully saturated rings. The summed E-state index contributed by atoms with van der Waals surface area (Å²) in [5, 5.41) is 9.50. The molecule has 3 nitrogen and oxygen atoms in total. The summed E-state index contributed by atoms with van der Waals surface area (Å²) in [6, 6.07) is 10.8.